The first-order chi connectivity index (χ1) is 8.99. The largest absolute Gasteiger partial charge is 0.504 e. The third-order valence-electron chi connectivity index (χ3n) is 3.40. The molecule has 1 amide bonds. The molecule has 1 aliphatic rings. The van der Waals surface area contributed by atoms with Gasteiger partial charge in [-0.25, -0.2) is 0 Å². The first-order valence-corrected chi connectivity index (χ1v) is 6.38. The second-order valence-electron chi connectivity index (χ2n) is 5.02. The Morgan fingerprint density at radius 2 is 2.16 bits per heavy atom. The van der Waals surface area contributed by atoms with E-state index in [0.717, 1.165) is 6.42 Å². The number of β-amino-alcohol motifs (C(OH)–C–C–N with tert-alkyl or cyclic N) is 1. The highest BCUT2D eigenvalue weighted by Crippen LogP contribution is 2.30. The molecule has 5 nitrogen and oxygen atoms in total. The summed E-state index contributed by atoms with van der Waals surface area (Å²) >= 11 is 0. The number of aliphatic hydroxyl groups is 1. The van der Waals surface area contributed by atoms with Gasteiger partial charge in [0.15, 0.2) is 11.5 Å². The zero-order valence-corrected chi connectivity index (χ0v) is 11.2. The summed E-state index contributed by atoms with van der Waals surface area (Å²) in [6, 6.07) is 4.55. The zero-order valence-electron chi connectivity index (χ0n) is 11.2. The Balaban J connectivity index is 2.04. The normalized spacial score (nSPS) is 16.9. The number of carbonyl (C=O) groups excluding carboxylic acids is 1. The molecule has 1 aromatic rings. The van der Waals surface area contributed by atoms with Gasteiger partial charge in [0.1, 0.15) is 0 Å². The predicted molar refractivity (Wildman–Crippen MR) is 70.4 cm³/mol. The molecule has 2 rings (SSSR count). The standard InChI is InChI=1S/C14H19NO4/c1-3-6-14(18)8-15(9-14)13(17)10-4-5-12(19-2)11(16)7-10/h4-5,7,16,18H,3,6,8-9H2,1-2H3. The molecule has 1 fully saturated rings. The van der Waals surface area contributed by atoms with Crippen molar-refractivity contribution in [2.24, 2.45) is 0 Å². The number of ether oxygens (including phenoxy) is 1. The van der Waals surface area contributed by atoms with Crippen molar-refractivity contribution in [3.05, 3.63) is 23.8 Å². The Morgan fingerprint density at radius 3 is 2.68 bits per heavy atom. The van der Waals surface area contributed by atoms with Crippen LogP contribution < -0.4 is 4.74 Å². The molecule has 0 spiro atoms. The van der Waals surface area contributed by atoms with Crippen LogP contribution in [0.15, 0.2) is 18.2 Å². The fraction of sp³-hybridized carbons (Fsp3) is 0.500. The van der Waals surface area contributed by atoms with Gasteiger partial charge in [0.2, 0.25) is 0 Å². The average molecular weight is 265 g/mol. The number of hydrogen-bond donors (Lipinski definition) is 2. The highest BCUT2D eigenvalue weighted by Gasteiger charge is 2.42. The zero-order chi connectivity index (χ0) is 14.0. The Kier molecular flexibility index (Phi) is 3.66. The van der Waals surface area contributed by atoms with Gasteiger partial charge in [0.25, 0.3) is 5.91 Å². The summed E-state index contributed by atoms with van der Waals surface area (Å²) in [4.78, 5) is 13.7. The number of benzene rings is 1. The minimum atomic E-state index is -0.737. The topological polar surface area (TPSA) is 70.0 Å². The molecule has 2 N–H and O–H groups in total. The molecule has 1 saturated heterocycles. The predicted octanol–water partition coefficient (Wildman–Crippen LogP) is 1.39. The lowest BCUT2D eigenvalue weighted by molar-refractivity contribution is -0.0860. The van der Waals surface area contributed by atoms with E-state index >= 15 is 0 Å². The van der Waals surface area contributed by atoms with Gasteiger partial charge in [-0.3, -0.25) is 4.79 Å². The van der Waals surface area contributed by atoms with E-state index in [9.17, 15) is 15.0 Å². The van der Waals surface area contributed by atoms with E-state index in [2.05, 4.69) is 0 Å². The number of nitrogens with zero attached hydrogens (tertiary/aromatic N) is 1. The summed E-state index contributed by atoms with van der Waals surface area (Å²) in [5.41, 5.74) is -0.337. The van der Waals surface area contributed by atoms with Gasteiger partial charge in [0.05, 0.1) is 25.8 Å². The van der Waals surface area contributed by atoms with Crippen molar-refractivity contribution in [1.29, 1.82) is 0 Å². The summed E-state index contributed by atoms with van der Waals surface area (Å²) in [5.74, 6) is 0.0964. The van der Waals surface area contributed by atoms with Crippen LogP contribution in [0.25, 0.3) is 0 Å². The third-order valence-corrected chi connectivity index (χ3v) is 3.40. The van der Waals surface area contributed by atoms with Crippen LogP contribution in [-0.4, -0.2) is 46.8 Å². The Bertz CT molecular complexity index is 480. The van der Waals surface area contributed by atoms with Crippen molar-refractivity contribution in [2.45, 2.75) is 25.4 Å². The molecular weight excluding hydrogens is 246 g/mol. The molecule has 0 radical (unpaired) electrons. The van der Waals surface area contributed by atoms with Gasteiger partial charge in [-0.1, -0.05) is 13.3 Å². The molecule has 1 heterocycles. The monoisotopic (exact) mass is 265 g/mol. The van der Waals surface area contributed by atoms with Crippen LogP contribution in [0.2, 0.25) is 0 Å². The second-order valence-corrected chi connectivity index (χ2v) is 5.02. The molecule has 0 aromatic heterocycles. The van der Waals surface area contributed by atoms with E-state index in [1.165, 1.54) is 13.2 Å². The molecule has 19 heavy (non-hydrogen) atoms. The lowest BCUT2D eigenvalue weighted by atomic mass is 9.89. The smallest absolute Gasteiger partial charge is 0.254 e. The molecular formula is C14H19NO4. The maximum atomic E-state index is 12.1. The number of carbonyl (C=O) groups is 1. The van der Waals surface area contributed by atoms with Crippen LogP contribution in [-0.2, 0) is 0 Å². The average Bonchev–Trinajstić information content (AvgIpc) is 2.35. The van der Waals surface area contributed by atoms with Crippen LogP contribution in [0.5, 0.6) is 11.5 Å². The minimum absolute atomic E-state index is 0.0577. The fourth-order valence-electron chi connectivity index (χ4n) is 2.44. The highest BCUT2D eigenvalue weighted by molar-refractivity contribution is 5.95. The molecule has 104 valence electrons. The maximum Gasteiger partial charge on any atom is 0.254 e. The molecule has 1 aromatic carbocycles. The number of hydrogen-bond acceptors (Lipinski definition) is 4. The van der Waals surface area contributed by atoms with E-state index in [1.54, 1.807) is 17.0 Å². The number of amides is 1. The lowest BCUT2D eigenvalue weighted by Crippen LogP contribution is -2.63. The summed E-state index contributed by atoms with van der Waals surface area (Å²) in [6.07, 6.45) is 1.59. The molecule has 0 atom stereocenters. The second kappa shape index (κ2) is 5.09. The molecule has 0 saturated carbocycles. The van der Waals surface area contributed by atoms with Crippen LogP contribution >= 0.6 is 0 Å². The Labute approximate surface area is 112 Å². The number of phenols is 1. The quantitative estimate of drug-likeness (QED) is 0.863. The number of aromatic hydroxyl groups is 1. The third kappa shape index (κ3) is 2.66. The van der Waals surface area contributed by atoms with Gasteiger partial charge < -0.3 is 19.8 Å². The van der Waals surface area contributed by atoms with Gasteiger partial charge in [-0.15, -0.1) is 0 Å². The van der Waals surface area contributed by atoms with Gasteiger partial charge >= 0.3 is 0 Å². The first-order valence-electron chi connectivity index (χ1n) is 6.38. The summed E-state index contributed by atoms with van der Waals surface area (Å²) in [7, 11) is 1.46. The van der Waals surface area contributed by atoms with E-state index in [4.69, 9.17) is 4.74 Å². The molecule has 0 aliphatic carbocycles. The summed E-state index contributed by atoms with van der Waals surface area (Å²) < 4.78 is 4.93. The number of phenolic OH excluding ortho intramolecular Hbond substituents is 1. The van der Waals surface area contributed by atoms with Gasteiger partial charge in [-0.2, -0.15) is 0 Å². The maximum absolute atomic E-state index is 12.1. The number of likely N-dealkylation sites (tertiary alicyclic amines) is 1. The van der Waals surface area contributed by atoms with Crippen LogP contribution in [0.1, 0.15) is 30.1 Å². The van der Waals surface area contributed by atoms with Crippen LogP contribution in [0, 0.1) is 0 Å². The molecule has 0 unspecified atom stereocenters. The van der Waals surface area contributed by atoms with Crippen LogP contribution in [0.3, 0.4) is 0 Å². The molecule has 0 bridgehead atoms. The summed E-state index contributed by atoms with van der Waals surface area (Å²) in [5, 5.41) is 19.7. The first kappa shape index (κ1) is 13.7. The van der Waals surface area contributed by atoms with E-state index in [-0.39, 0.29) is 11.7 Å². The number of rotatable bonds is 4. The highest BCUT2D eigenvalue weighted by atomic mass is 16.5. The minimum Gasteiger partial charge on any atom is -0.504 e. The molecule has 5 heteroatoms. The van der Waals surface area contributed by atoms with Gasteiger partial charge in [-0.05, 0) is 24.6 Å². The van der Waals surface area contributed by atoms with Crippen molar-refractivity contribution >= 4 is 5.91 Å². The SMILES string of the molecule is CCCC1(O)CN(C(=O)c2ccc(OC)c(O)c2)C1. The Morgan fingerprint density at radius 1 is 1.47 bits per heavy atom. The molecule has 1 aliphatic heterocycles. The van der Waals surface area contributed by atoms with Crippen molar-refractivity contribution < 1.29 is 19.7 Å². The lowest BCUT2D eigenvalue weighted by Gasteiger charge is -2.46. The van der Waals surface area contributed by atoms with Crippen molar-refractivity contribution in [2.75, 3.05) is 20.2 Å². The van der Waals surface area contributed by atoms with Crippen molar-refractivity contribution in [3.63, 3.8) is 0 Å². The van der Waals surface area contributed by atoms with E-state index in [0.29, 0.717) is 30.8 Å². The van der Waals surface area contributed by atoms with Crippen LogP contribution in [0.4, 0.5) is 0 Å². The summed E-state index contributed by atoms with van der Waals surface area (Å²) in [6.45, 7) is 2.71. The van der Waals surface area contributed by atoms with E-state index in [1.807, 2.05) is 6.92 Å². The van der Waals surface area contributed by atoms with Gasteiger partial charge in [0, 0.05) is 5.56 Å². The fourth-order valence-corrected chi connectivity index (χ4v) is 2.44. The van der Waals surface area contributed by atoms with E-state index < -0.39 is 5.60 Å². The Hall–Kier alpha value is -1.75. The van der Waals surface area contributed by atoms with Crippen molar-refractivity contribution in [3.8, 4) is 11.5 Å². The number of methoxy groups -OCH3 is 1. The van der Waals surface area contributed by atoms with Crippen molar-refractivity contribution in [1.82, 2.24) is 4.90 Å².